The normalized spacial score (nSPS) is 14.9. The molecular formula is C15H19F2N3O3. The molecule has 1 aromatic rings. The van der Waals surface area contributed by atoms with Crippen molar-refractivity contribution in [3.8, 4) is 5.75 Å². The summed E-state index contributed by atoms with van der Waals surface area (Å²) >= 11 is 0. The van der Waals surface area contributed by atoms with Crippen molar-refractivity contribution in [2.75, 3.05) is 31.1 Å². The maximum atomic E-state index is 12.9. The molecule has 2 rings (SSSR count). The van der Waals surface area contributed by atoms with Crippen molar-refractivity contribution >= 4 is 17.5 Å². The third-order valence-corrected chi connectivity index (χ3v) is 3.43. The van der Waals surface area contributed by atoms with E-state index in [2.05, 4.69) is 5.32 Å². The van der Waals surface area contributed by atoms with E-state index in [1.165, 1.54) is 0 Å². The zero-order valence-electron chi connectivity index (χ0n) is 12.6. The number of ether oxygens (including phenoxy) is 1. The number of hydrogen-bond acceptors (Lipinski definition) is 4. The molecule has 0 unspecified atom stereocenters. The van der Waals surface area contributed by atoms with Crippen LogP contribution in [0.1, 0.15) is 12.8 Å². The SMILES string of the molecule is NCC(F)(F)CNC(=O)COc1ccc(N2CCCC2=O)cc1. The van der Waals surface area contributed by atoms with E-state index in [0.29, 0.717) is 18.7 Å². The smallest absolute Gasteiger partial charge is 0.277 e. The minimum Gasteiger partial charge on any atom is -0.484 e. The van der Waals surface area contributed by atoms with E-state index >= 15 is 0 Å². The van der Waals surface area contributed by atoms with E-state index in [0.717, 1.165) is 12.1 Å². The number of halogens is 2. The molecule has 2 amide bonds. The molecule has 126 valence electrons. The maximum Gasteiger partial charge on any atom is 0.277 e. The molecule has 1 aromatic carbocycles. The van der Waals surface area contributed by atoms with E-state index in [9.17, 15) is 18.4 Å². The summed E-state index contributed by atoms with van der Waals surface area (Å²) < 4.78 is 31.0. The summed E-state index contributed by atoms with van der Waals surface area (Å²) in [5.74, 6) is -3.28. The molecule has 1 fully saturated rings. The van der Waals surface area contributed by atoms with Gasteiger partial charge in [-0.05, 0) is 30.7 Å². The number of rotatable bonds is 7. The number of benzene rings is 1. The Morgan fingerprint density at radius 2 is 2.04 bits per heavy atom. The summed E-state index contributed by atoms with van der Waals surface area (Å²) in [5, 5.41) is 2.06. The monoisotopic (exact) mass is 327 g/mol. The minimum absolute atomic E-state index is 0.0823. The Bertz CT molecular complexity index is 564. The van der Waals surface area contributed by atoms with Gasteiger partial charge in [0.15, 0.2) is 6.61 Å². The van der Waals surface area contributed by atoms with Crippen LogP contribution in [0.25, 0.3) is 0 Å². The molecule has 0 saturated carbocycles. The lowest BCUT2D eigenvalue weighted by Crippen LogP contribution is -2.43. The standard InChI is InChI=1S/C15H19F2N3O3/c16-15(17,9-18)10-19-13(21)8-23-12-5-3-11(4-6-12)20-7-1-2-14(20)22/h3-6H,1-2,7-10,18H2,(H,19,21). The summed E-state index contributed by atoms with van der Waals surface area (Å²) in [7, 11) is 0. The molecule has 23 heavy (non-hydrogen) atoms. The second kappa shape index (κ2) is 7.36. The molecule has 6 nitrogen and oxygen atoms in total. The highest BCUT2D eigenvalue weighted by atomic mass is 19.3. The van der Waals surface area contributed by atoms with Gasteiger partial charge in [0.1, 0.15) is 5.75 Å². The van der Waals surface area contributed by atoms with Crippen LogP contribution in [-0.2, 0) is 9.59 Å². The lowest BCUT2D eigenvalue weighted by atomic mass is 10.3. The fourth-order valence-electron chi connectivity index (χ4n) is 2.14. The zero-order chi connectivity index (χ0) is 16.9. The van der Waals surface area contributed by atoms with Gasteiger partial charge in [-0.2, -0.15) is 0 Å². The molecule has 8 heteroatoms. The molecule has 1 aliphatic rings. The van der Waals surface area contributed by atoms with Gasteiger partial charge in [-0.1, -0.05) is 0 Å². The Labute approximate surface area is 132 Å². The predicted octanol–water partition coefficient (Wildman–Crippen LogP) is 0.902. The Morgan fingerprint density at radius 1 is 1.35 bits per heavy atom. The van der Waals surface area contributed by atoms with E-state index in [1.54, 1.807) is 29.2 Å². The predicted molar refractivity (Wildman–Crippen MR) is 80.5 cm³/mol. The highest BCUT2D eigenvalue weighted by Crippen LogP contribution is 2.23. The first kappa shape index (κ1) is 17.1. The molecule has 3 N–H and O–H groups in total. The van der Waals surface area contributed by atoms with Crippen LogP contribution < -0.4 is 20.7 Å². The molecule has 0 radical (unpaired) electrons. The average molecular weight is 327 g/mol. The Morgan fingerprint density at radius 3 is 2.61 bits per heavy atom. The Hall–Kier alpha value is -2.22. The summed E-state index contributed by atoms with van der Waals surface area (Å²) in [4.78, 5) is 24.7. The highest BCUT2D eigenvalue weighted by molar-refractivity contribution is 5.95. The zero-order valence-corrected chi connectivity index (χ0v) is 12.6. The first-order valence-corrected chi connectivity index (χ1v) is 7.29. The lowest BCUT2D eigenvalue weighted by Gasteiger charge is -2.16. The number of nitrogens with two attached hydrogens (primary N) is 1. The molecule has 1 aliphatic heterocycles. The number of carbonyl (C=O) groups is 2. The summed E-state index contributed by atoms with van der Waals surface area (Å²) in [6.45, 7) is -1.33. The third kappa shape index (κ3) is 4.88. The first-order chi connectivity index (χ1) is 10.9. The summed E-state index contributed by atoms with van der Waals surface area (Å²) in [6, 6.07) is 6.70. The highest BCUT2D eigenvalue weighted by Gasteiger charge is 2.27. The Kier molecular flexibility index (Phi) is 5.49. The van der Waals surface area contributed by atoms with Crippen LogP contribution >= 0.6 is 0 Å². The van der Waals surface area contributed by atoms with Crippen LogP contribution in [-0.4, -0.2) is 44.0 Å². The number of carbonyl (C=O) groups excluding carboxylic acids is 2. The molecule has 0 spiro atoms. The molecular weight excluding hydrogens is 308 g/mol. The van der Waals surface area contributed by atoms with Crippen molar-refractivity contribution in [3.63, 3.8) is 0 Å². The van der Waals surface area contributed by atoms with Crippen LogP contribution in [0.4, 0.5) is 14.5 Å². The van der Waals surface area contributed by atoms with E-state index in [-0.39, 0.29) is 12.5 Å². The molecule has 0 atom stereocenters. The maximum absolute atomic E-state index is 12.9. The number of anilines is 1. The fraction of sp³-hybridized carbons (Fsp3) is 0.467. The molecule has 1 saturated heterocycles. The topological polar surface area (TPSA) is 84.7 Å². The molecule has 1 heterocycles. The third-order valence-electron chi connectivity index (χ3n) is 3.43. The summed E-state index contributed by atoms with van der Waals surface area (Å²) in [5.41, 5.74) is 5.64. The van der Waals surface area contributed by atoms with E-state index in [4.69, 9.17) is 10.5 Å². The minimum atomic E-state index is -3.13. The second-order valence-electron chi connectivity index (χ2n) is 5.27. The van der Waals surface area contributed by atoms with Gasteiger partial charge in [0.05, 0.1) is 13.1 Å². The van der Waals surface area contributed by atoms with Gasteiger partial charge < -0.3 is 20.7 Å². The van der Waals surface area contributed by atoms with E-state index < -0.39 is 24.9 Å². The van der Waals surface area contributed by atoms with E-state index in [1.807, 2.05) is 0 Å². The Balaban J connectivity index is 1.80. The van der Waals surface area contributed by atoms with Crippen molar-refractivity contribution in [1.82, 2.24) is 5.32 Å². The molecule has 0 bridgehead atoms. The van der Waals surface area contributed by atoms with Gasteiger partial charge in [-0.25, -0.2) is 8.78 Å². The number of amides is 2. The van der Waals surface area contributed by atoms with Crippen molar-refractivity contribution in [3.05, 3.63) is 24.3 Å². The average Bonchev–Trinajstić information content (AvgIpc) is 2.97. The number of nitrogens with one attached hydrogen (secondary N) is 1. The quantitative estimate of drug-likeness (QED) is 0.779. The van der Waals surface area contributed by atoms with Gasteiger partial charge in [0, 0.05) is 18.7 Å². The second-order valence-corrected chi connectivity index (χ2v) is 5.27. The molecule has 0 aromatic heterocycles. The van der Waals surface area contributed by atoms with Crippen LogP contribution in [0, 0.1) is 0 Å². The van der Waals surface area contributed by atoms with Crippen molar-refractivity contribution in [2.45, 2.75) is 18.8 Å². The van der Waals surface area contributed by atoms with Crippen molar-refractivity contribution in [2.24, 2.45) is 5.73 Å². The van der Waals surface area contributed by atoms with Crippen molar-refractivity contribution < 1.29 is 23.1 Å². The molecule has 0 aliphatic carbocycles. The van der Waals surface area contributed by atoms with Crippen molar-refractivity contribution in [1.29, 1.82) is 0 Å². The summed E-state index contributed by atoms with van der Waals surface area (Å²) in [6.07, 6.45) is 1.39. The number of hydrogen-bond donors (Lipinski definition) is 2. The van der Waals surface area contributed by atoms with Crippen LogP contribution in [0.5, 0.6) is 5.75 Å². The lowest BCUT2D eigenvalue weighted by molar-refractivity contribution is -0.124. The van der Waals surface area contributed by atoms with Gasteiger partial charge >= 0.3 is 0 Å². The van der Waals surface area contributed by atoms with Crippen LogP contribution in [0.3, 0.4) is 0 Å². The largest absolute Gasteiger partial charge is 0.484 e. The number of nitrogens with zero attached hydrogens (tertiary/aromatic N) is 1. The number of alkyl halides is 2. The van der Waals surface area contributed by atoms with Gasteiger partial charge in [-0.3, -0.25) is 9.59 Å². The van der Waals surface area contributed by atoms with Crippen LogP contribution in [0.2, 0.25) is 0 Å². The van der Waals surface area contributed by atoms with Gasteiger partial charge in [0.2, 0.25) is 5.91 Å². The fourth-order valence-corrected chi connectivity index (χ4v) is 2.14. The van der Waals surface area contributed by atoms with Gasteiger partial charge in [0.25, 0.3) is 11.8 Å². The van der Waals surface area contributed by atoms with Crippen LogP contribution in [0.15, 0.2) is 24.3 Å². The first-order valence-electron chi connectivity index (χ1n) is 7.29. The van der Waals surface area contributed by atoms with Gasteiger partial charge in [-0.15, -0.1) is 0 Å².